The average molecular weight is 918 g/mol. The highest BCUT2D eigenvalue weighted by molar-refractivity contribution is 5.71. The standard InChI is InChI=1S/C22H24O4.C16H14N2O3.C15H13N3O3/c23-17-3-1-15(6-19(17)25)21-8-13-5-14(9-21)11-22(10-13,12-21)16-2-4-18(24)20(26)7-16;1-9-2-3-10(6-15(9)20)12-8-13(18-17-12)11-4-5-14(19)16(21)7-11;1-8-2-3-9(6-12(8)20)14-16-15(18-17-14)10-4-5-11(19)13(21)7-10/h1-4,6-7,13-14,23-26H,5,8-12H2;2-8,19-21H,1H3,(H,17,18);2-7,19-21H,1H3,(H,16,17,18). The first kappa shape index (κ1) is 44.9. The number of aromatic nitrogens is 5. The van der Waals surface area contributed by atoms with Gasteiger partial charge in [0, 0.05) is 22.3 Å². The molecule has 4 saturated carbocycles. The van der Waals surface area contributed by atoms with Gasteiger partial charge in [-0.05, 0) is 176 Å². The molecule has 6 aromatic carbocycles. The van der Waals surface area contributed by atoms with Crippen molar-refractivity contribution in [3.8, 4) is 103 Å². The first-order valence-corrected chi connectivity index (χ1v) is 22.2. The molecule has 0 radical (unpaired) electrons. The van der Waals surface area contributed by atoms with Crippen molar-refractivity contribution in [2.24, 2.45) is 11.8 Å². The summed E-state index contributed by atoms with van der Waals surface area (Å²) < 4.78 is 0. The van der Waals surface area contributed by atoms with Crippen LogP contribution in [0.5, 0.6) is 57.5 Å². The molecule has 2 heterocycles. The van der Waals surface area contributed by atoms with Gasteiger partial charge in [0.25, 0.3) is 0 Å². The highest BCUT2D eigenvalue weighted by Crippen LogP contribution is 2.66. The first-order valence-electron chi connectivity index (χ1n) is 22.2. The molecule has 0 unspecified atom stereocenters. The van der Waals surface area contributed by atoms with Crippen LogP contribution in [0.2, 0.25) is 0 Å². The van der Waals surface area contributed by atoms with E-state index in [-0.39, 0.29) is 68.3 Å². The minimum atomic E-state index is -0.230. The van der Waals surface area contributed by atoms with Crippen molar-refractivity contribution in [1.82, 2.24) is 25.4 Å². The van der Waals surface area contributed by atoms with Crippen LogP contribution in [-0.4, -0.2) is 76.4 Å². The summed E-state index contributed by atoms with van der Waals surface area (Å²) in [5.74, 6) is 1.57. The lowest BCUT2D eigenvalue weighted by Crippen LogP contribution is -2.55. The minimum Gasteiger partial charge on any atom is -0.508 e. The number of aromatic amines is 2. The Morgan fingerprint density at radius 1 is 0.426 bits per heavy atom. The molecule has 4 aliphatic carbocycles. The molecule has 0 amide bonds. The van der Waals surface area contributed by atoms with E-state index >= 15 is 0 Å². The molecule has 68 heavy (non-hydrogen) atoms. The quantitative estimate of drug-likeness (QED) is 0.0693. The van der Waals surface area contributed by atoms with Crippen molar-refractivity contribution in [3.63, 3.8) is 0 Å². The summed E-state index contributed by atoms with van der Waals surface area (Å²) in [6.45, 7) is 3.64. The second-order valence-electron chi connectivity index (χ2n) is 18.5. The van der Waals surface area contributed by atoms with Crippen LogP contribution < -0.4 is 0 Å². The zero-order valence-corrected chi connectivity index (χ0v) is 37.2. The number of rotatable bonds is 6. The molecule has 12 N–H and O–H groups in total. The Hall–Kier alpha value is -8.33. The molecule has 4 bridgehead atoms. The number of nitrogens with one attached hydrogen (secondary N) is 2. The zero-order chi connectivity index (χ0) is 48.1. The Balaban J connectivity index is 0.000000129. The van der Waals surface area contributed by atoms with Crippen molar-refractivity contribution < 1.29 is 51.1 Å². The third kappa shape index (κ3) is 8.73. The minimum absolute atomic E-state index is 0.0166. The summed E-state index contributed by atoms with van der Waals surface area (Å²) in [6, 6.07) is 31.9. The fraction of sp³-hybridized carbons (Fsp3) is 0.226. The smallest absolute Gasteiger partial charge is 0.181 e. The number of H-pyrrole nitrogens is 2. The highest BCUT2D eigenvalue weighted by atomic mass is 16.3. The van der Waals surface area contributed by atoms with Crippen LogP contribution in [0.25, 0.3) is 45.3 Å². The molecule has 0 saturated heterocycles. The average Bonchev–Trinajstić information content (AvgIpc) is 4.01. The molecule has 0 aliphatic heterocycles. The van der Waals surface area contributed by atoms with E-state index in [1.807, 2.05) is 50.2 Å². The topological polar surface area (TPSA) is 273 Å². The van der Waals surface area contributed by atoms with Crippen molar-refractivity contribution >= 4 is 0 Å². The highest BCUT2D eigenvalue weighted by Gasteiger charge is 2.58. The van der Waals surface area contributed by atoms with Gasteiger partial charge in [0.15, 0.2) is 57.6 Å². The zero-order valence-electron chi connectivity index (χ0n) is 37.2. The van der Waals surface area contributed by atoms with E-state index in [0.717, 1.165) is 65.6 Å². The van der Waals surface area contributed by atoms with Crippen LogP contribution in [0.3, 0.4) is 0 Å². The normalized spacial score (nSPS) is 20.0. The molecule has 15 nitrogen and oxygen atoms in total. The molecule has 0 atom stereocenters. The van der Waals surface area contributed by atoms with Gasteiger partial charge in [0.1, 0.15) is 11.5 Å². The Bertz CT molecular complexity index is 2830. The fourth-order valence-electron chi connectivity index (χ4n) is 10.7. The van der Waals surface area contributed by atoms with E-state index in [4.69, 9.17) is 0 Å². The summed E-state index contributed by atoms with van der Waals surface area (Å²) in [7, 11) is 0. The van der Waals surface area contributed by atoms with Gasteiger partial charge in [-0.1, -0.05) is 36.4 Å². The number of hydrogen-bond donors (Lipinski definition) is 12. The van der Waals surface area contributed by atoms with Crippen LogP contribution in [0, 0.1) is 25.7 Å². The number of hydrogen-bond acceptors (Lipinski definition) is 13. The lowest BCUT2D eigenvalue weighted by atomic mass is 9.41. The summed E-state index contributed by atoms with van der Waals surface area (Å²) in [5, 5.41) is 111. The van der Waals surface area contributed by atoms with Gasteiger partial charge in [-0.2, -0.15) is 10.2 Å². The predicted octanol–water partition coefficient (Wildman–Crippen LogP) is 10.0. The lowest BCUT2D eigenvalue weighted by molar-refractivity contribution is -0.0283. The molecule has 2 aromatic heterocycles. The largest absolute Gasteiger partial charge is 0.508 e. The molecule has 4 aliphatic rings. The van der Waals surface area contributed by atoms with Crippen LogP contribution in [0.1, 0.15) is 60.8 Å². The summed E-state index contributed by atoms with van der Waals surface area (Å²) >= 11 is 0. The van der Waals surface area contributed by atoms with Gasteiger partial charge in [0.05, 0.1) is 11.4 Å². The predicted molar refractivity (Wildman–Crippen MR) is 254 cm³/mol. The van der Waals surface area contributed by atoms with E-state index in [9.17, 15) is 51.1 Å². The molecule has 8 aromatic rings. The summed E-state index contributed by atoms with van der Waals surface area (Å²) in [6.07, 6.45) is 6.75. The SMILES string of the molecule is Cc1ccc(-c2cc(-c3ccc(O)c(O)c3)n[nH]2)cc1O.Cc1ccc(-c2nc(-c3ccc(O)c(O)c3)n[nH]2)cc1O.Oc1ccc(C23CC4CC(C2)CC(c2ccc(O)c(O)c2)(C4)C3)cc1O. The van der Waals surface area contributed by atoms with E-state index in [1.165, 1.54) is 30.7 Å². The van der Waals surface area contributed by atoms with Crippen LogP contribution in [0.4, 0.5) is 0 Å². The molecule has 0 spiro atoms. The van der Waals surface area contributed by atoms with Gasteiger partial charge in [-0.15, -0.1) is 0 Å². The van der Waals surface area contributed by atoms with Crippen LogP contribution >= 0.6 is 0 Å². The van der Waals surface area contributed by atoms with Crippen molar-refractivity contribution in [2.75, 3.05) is 0 Å². The summed E-state index contributed by atoms with van der Waals surface area (Å²) in [5.41, 5.74) is 8.04. The molecular weight excluding hydrogens is 867 g/mol. The van der Waals surface area contributed by atoms with E-state index in [1.54, 1.807) is 54.6 Å². The number of benzene rings is 6. The Kier molecular flexibility index (Phi) is 11.5. The van der Waals surface area contributed by atoms with Crippen LogP contribution in [-0.2, 0) is 10.8 Å². The molecular formula is C53H51N5O10. The second kappa shape index (κ2) is 17.5. The van der Waals surface area contributed by atoms with E-state index in [2.05, 4.69) is 25.4 Å². The maximum absolute atomic E-state index is 10.0. The molecule has 15 heteroatoms. The number of phenolic OH excluding ortho intramolecular Hbond substituents is 10. The number of phenols is 10. The van der Waals surface area contributed by atoms with E-state index in [0.29, 0.717) is 45.9 Å². The van der Waals surface area contributed by atoms with Gasteiger partial charge in [-0.3, -0.25) is 10.2 Å². The Labute approximate surface area is 390 Å². The maximum Gasteiger partial charge on any atom is 0.181 e. The van der Waals surface area contributed by atoms with E-state index < -0.39 is 0 Å². The van der Waals surface area contributed by atoms with Gasteiger partial charge in [0.2, 0.25) is 0 Å². The monoisotopic (exact) mass is 917 g/mol. The molecule has 4 fully saturated rings. The van der Waals surface area contributed by atoms with Gasteiger partial charge in [-0.25, -0.2) is 4.98 Å². The molecule has 348 valence electrons. The number of nitrogens with zero attached hydrogens (tertiary/aromatic N) is 3. The number of aryl methyl sites for hydroxylation is 2. The van der Waals surface area contributed by atoms with Crippen LogP contribution in [0.15, 0.2) is 115 Å². The third-order valence-corrected chi connectivity index (χ3v) is 13.8. The molecule has 12 rings (SSSR count). The third-order valence-electron chi connectivity index (χ3n) is 13.8. The number of aromatic hydroxyl groups is 10. The van der Waals surface area contributed by atoms with Crippen molar-refractivity contribution in [1.29, 1.82) is 0 Å². The second-order valence-corrected chi connectivity index (χ2v) is 18.5. The fourth-order valence-corrected chi connectivity index (χ4v) is 10.7. The van der Waals surface area contributed by atoms with Gasteiger partial charge >= 0.3 is 0 Å². The Morgan fingerprint density at radius 3 is 1.38 bits per heavy atom. The maximum atomic E-state index is 10.0. The van der Waals surface area contributed by atoms with Crippen molar-refractivity contribution in [3.05, 3.63) is 138 Å². The van der Waals surface area contributed by atoms with Gasteiger partial charge < -0.3 is 51.1 Å². The summed E-state index contributed by atoms with van der Waals surface area (Å²) in [4.78, 5) is 4.32. The van der Waals surface area contributed by atoms with Crippen molar-refractivity contribution in [2.45, 2.75) is 63.2 Å². The first-order chi connectivity index (χ1) is 32.5. The lowest BCUT2D eigenvalue weighted by Gasteiger charge is -2.62. The Morgan fingerprint density at radius 2 is 0.868 bits per heavy atom.